The zero-order valence-corrected chi connectivity index (χ0v) is 22.3. The molecule has 0 aromatic heterocycles. The number of hydrogen-bond donors (Lipinski definition) is 3. The number of allylic oxidation sites excluding steroid dienone is 1. The van der Waals surface area contributed by atoms with Crippen LogP contribution in [0.2, 0.25) is 5.02 Å². The normalized spacial score (nSPS) is 18.4. The number of halogens is 1. The van der Waals surface area contributed by atoms with Crippen molar-refractivity contribution in [3.63, 3.8) is 0 Å². The van der Waals surface area contributed by atoms with Crippen molar-refractivity contribution in [2.24, 2.45) is 0 Å². The van der Waals surface area contributed by atoms with Crippen LogP contribution in [0.15, 0.2) is 59.8 Å². The molecule has 0 amide bonds. The molecule has 0 unspecified atom stereocenters. The van der Waals surface area contributed by atoms with E-state index in [4.69, 9.17) is 30.5 Å². The number of anilines is 2. The van der Waals surface area contributed by atoms with Crippen molar-refractivity contribution in [3.05, 3.63) is 76.0 Å². The molecular weight excluding hydrogens is 508 g/mol. The van der Waals surface area contributed by atoms with Gasteiger partial charge < -0.3 is 34.7 Å². The number of ether oxygens (including phenoxy) is 4. The van der Waals surface area contributed by atoms with Crippen LogP contribution in [0.5, 0.6) is 28.7 Å². The van der Waals surface area contributed by atoms with Gasteiger partial charge in [-0.15, -0.1) is 0 Å². The van der Waals surface area contributed by atoms with Crippen molar-refractivity contribution in [1.82, 2.24) is 0 Å². The van der Waals surface area contributed by atoms with Crippen molar-refractivity contribution < 1.29 is 28.8 Å². The van der Waals surface area contributed by atoms with Gasteiger partial charge in [-0.3, -0.25) is 4.79 Å². The smallest absolute Gasteiger partial charge is 0.203 e. The van der Waals surface area contributed by atoms with Gasteiger partial charge in [-0.1, -0.05) is 23.7 Å². The van der Waals surface area contributed by atoms with Crippen LogP contribution in [0, 0.1) is 0 Å². The standard InChI is InChI=1S/C29H29ClN2O6/c1-35-23-14-17(9-18(30)28(23)34)27-26-21(31-19-7-5-6-8-20(19)32-27)10-15(11-22(26)33)16-12-24(36-2)29(38-4)25(13-16)37-3/h5-9,12-15,27,31-32,34H,10-11H2,1-4H3/t15-,27-/m1/s1. The van der Waals surface area contributed by atoms with E-state index in [9.17, 15) is 9.90 Å². The van der Waals surface area contributed by atoms with Crippen molar-refractivity contribution in [2.75, 3.05) is 39.1 Å². The number of para-hydroxylation sites is 2. The summed E-state index contributed by atoms with van der Waals surface area (Å²) in [6.07, 6.45) is 0.867. The Bertz CT molecular complexity index is 1410. The SMILES string of the molecule is COc1cc([C@H]2Nc3ccccc3NC3=C2C(=O)C[C@H](c2cc(OC)c(OC)c(OC)c2)C3)cc(Cl)c1O. The zero-order valence-electron chi connectivity index (χ0n) is 21.6. The molecule has 1 aliphatic heterocycles. The Balaban J connectivity index is 1.62. The summed E-state index contributed by atoms with van der Waals surface area (Å²) in [5, 5.41) is 17.5. The first-order chi connectivity index (χ1) is 18.4. The molecule has 3 aromatic rings. The maximum absolute atomic E-state index is 13.9. The Kier molecular flexibility index (Phi) is 6.99. The molecule has 0 spiro atoms. The van der Waals surface area contributed by atoms with E-state index in [0.717, 1.165) is 22.6 Å². The Morgan fingerprint density at radius 1 is 0.842 bits per heavy atom. The quantitative estimate of drug-likeness (QED) is 0.350. The number of Topliss-reactive ketones (excluding diaryl/α,β-unsaturated/α-hetero) is 1. The maximum Gasteiger partial charge on any atom is 0.203 e. The Morgan fingerprint density at radius 2 is 1.47 bits per heavy atom. The highest BCUT2D eigenvalue weighted by atomic mass is 35.5. The second-order valence-electron chi connectivity index (χ2n) is 9.18. The maximum atomic E-state index is 13.9. The van der Waals surface area contributed by atoms with Gasteiger partial charge in [-0.25, -0.2) is 0 Å². The fourth-order valence-electron chi connectivity index (χ4n) is 5.23. The minimum absolute atomic E-state index is 0.00836. The van der Waals surface area contributed by atoms with Crippen LogP contribution in [0.25, 0.3) is 0 Å². The first-order valence-electron chi connectivity index (χ1n) is 12.1. The summed E-state index contributed by atoms with van der Waals surface area (Å²) in [6.45, 7) is 0. The first kappa shape index (κ1) is 25.6. The van der Waals surface area contributed by atoms with Crippen LogP contribution >= 0.6 is 11.6 Å². The number of carbonyl (C=O) groups excluding carboxylic acids is 1. The third kappa shape index (κ3) is 4.45. The van der Waals surface area contributed by atoms with Gasteiger partial charge in [0, 0.05) is 17.7 Å². The molecule has 3 aromatic carbocycles. The number of carbonyl (C=O) groups is 1. The predicted octanol–water partition coefficient (Wildman–Crippen LogP) is 6.06. The first-order valence-corrected chi connectivity index (χ1v) is 12.5. The molecule has 0 bridgehead atoms. The minimum Gasteiger partial charge on any atom is -0.503 e. The summed E-state index contributed by atoms with van der Waals surface area (Å²) in [7, 11) is 6.17. The van der Waals surface area contributed by atoms with Crippen molar-refractivity contribution in [3.8, 4) is 28.7 Å². The highest BCUT2D eigenvalue weighted by Gasteiger charge is 2.37. The number of hydrogen-bond acceptors (Lipinski definition) is 8. The lowest BCUT2D eigenvalue weighted by molar-refractivity contribution is -0.116. The monoisotopic (exact) mass is 536 g/mol. The number of nitrogens with one attached hydrogen (secondary N) is 2. The highest BCUT2D eigenvalue weighted by Crippen LogP contribution is 2.48. The van der Waals surface area contributed by atoms with Crippen LogP contribution in [0.4, 0.5) is 11.4 Å². The molecule has 8 nitrogen and oxygen atoms in total. The number of fused-ring (bicyclic) bond motifs is 1. The molecule has 0 radical (unpaired) electrons. The Morgan fingerprint density at radius 3 is 2.11 bits per heavy atom. The van der Waals surface area contributed by atoms with Crippen molar-refractivity contribution in [1.29, 1.82) is 0 Å². The van der Waals surface area contributed by atoms with E-state index >= 15 is 0 Å². The van der Waals surface area contributed by atoms with Gasteiger partial charge in [0.25, 0.3) is 0 Å². The fourth-order valence-corrected chi connectivity index (χ4v) is 5.45. The van der Waals surface area contributed by atoms with Crippen LogP contribution in [-0.4, -0.2) is 39.3 Å². The molecule has 0 fully saturated rings. The topological polar surface area (TPSA) is 98.3 Å². The summed E-state index contributed by atoms with van der Waals surface area (Å²) in [6, 6.07) is 14.4. The lowest BCUT2D eigenvalue weighted by Gasteiger charge is -2.30. The van der Waals surface area contributed by atoms with Gasteiger partial charge in [-0.2, -0.15) is 0 Å². The molecule has 0 saturated heterocycles. The van der Waals surface area contributed by atoms with Crippen LogP contribution < -0.4 is 29.6 Å². The van der Waals surface area contributed by atoms with E-state index in [-0.39, 0.29) is 34.6 Å². The summed E-state index contributed by atoms with van der Waals surface area (Å²) in [5.41, 5.74) is 4.75. The number of ketones is 1. The molecule has 5 rings (SSSR count). The predicted molar refractivity (Wildman–Crippen MR) is 146 cm³/mol. The van der Waals surface area contributed by atoms with Crippen LogP contribution in [0.1, 0.15) is 35.9 Å². The molecule has 3 N–H and O–H groups in total. The van der Waals surface area contributed by atoms with Gasteiger partial charge in [-0.05, 0) is 59.9 Å². The second kappa shape index (κ2) is 10.4. The summed E-state index contributed by atoms with van der Waals surface area (Å²) in [5.74, 6) is 1.55. The molecular formula is C29H29ClN2O6. The van der Waals surface area contributed by atoms with Gasteiger partial charge in [0.1, 0.15) is 0 Å². The van der Waals surface area contributed by atoms with Crippen molar-refractivity contribution >= 4 is 28.8 Å². The van der Waals surface area contributed by atoms with Gasteiger partial charge in [0.05, 0.1) is 50.9 Å². The molecule has 1 heterocycles. The molecule has 0 saturated carbocycles. The largest absolute Gasteiger partial charge is 0.503 e. The van der Waals surface area contributed by atoms with Crippen molar-refractivity contribution in [2.45, 2.75) is 24.8 Å². The minimum atomic E-state index is -0.512. The molecule has 9 heteroatoms. The van der Waals surface area contributed by atoms with E-state index in [1.807, 2.05) is 36.4 Å². The van der Waals surface area contributed by atoms with E-state index in [1.165, 1.54) is 7.11 Å². The molecule has 198 valence electrons. The summed E-state index contributed by atoms with van der Waals surface area (Å²) in [4.78, 5) is 13.9. The van der Waals surface area contributed by atoms with E-state index in [2.05, 4.69) is 10.6 Å². The summed E-state index contributed by atoms with van der Waals surface area (Å²) < 4.78 is 21.9. The Labute approximate surface area is 226 Å². The van der Waals surface area contributed by atoms with Gasteiger partial charge in [0.2, 0.25) is 5.75 Å². The number of methoxy groups -OCH3 is 4. The molecule has 1 aliphatic carbocycles. The lowest BCUT2D eigenvalue weighted by atomic mass is 9.78. The second-order valence-corrected chi connectivity index (χ2v) is 9.59. The number of aromatic hydroxyl groups is 1. The van der Waals surface area contributed by atoms with Gasteiger partial charge >= 0.3 is 0 Å². The van der Waals surface area contributed by atoms with E-state index in [1.54, 1.807) is 33.5 Å². The zero-order chi connectivity index (χ0) is 27.0. The molecule has 38 heavy (non-hydrogen) atoms. The molecule has 2 atom stereocenters. The van der Waals surface area contributed by atoms with E-state index < -0.39 is 6.04 Å². The number of phenolic OH excluding ortho intramolecular Hbond substituents is 1. The number of benzene rings is 3. The number of phenols is 1. The van der Waals surface area contributed by atoms with Crippen LogP contribution in [-0.2, 0) is 4.79 Å². The molecule has 2 aliphatic rings. The fraction of sp³-hybridized carbons (Fsp3) is 0.276. The average Bonchev–Trinajstić information content (AvgIpc) is 3.10. The highest BCUT2D eigenvalue weighted by molar-refractivity contribution is 6.32. The third-order valence-electron chi connectivity index (χ3n) is 7.07. The number of rotatable bonds is 6. The lowest BCUT2D eigenvalue weighted by Crippen LogP contribution is -2.27. The summed E-state index contributed by atoms with van der Waals surface area (Å²) >= 11 is 6.35. The third-order valence-corrected chi connectivity index (χ3v) is 7.36. The van der Waals surface area contributed by atoms with Crippen LogP contribution in [0.3, 0.4) is 0 Å². The van der Waals surface area contributed by atoms with Gasteiger partial charge in [0.15, 0.2) is 28.8 Å². The Hall–Kier alpha value is -4.04. The average molecular weight is 537 g/mol. The van der Waals surface area contributed by atoms with E-state index in [0.29, 0.717) is 34.8 Å².